The van der Waals surface area contributed by atoms with Crippen LogP contribution in [0.4, 0.5) is 5.69 Å². The summed E-state index contributed by atoms with van der Waals surface area (Å²) in [5.74, 6) is 0. The summed E-state index contributed by atoms with van der Waals surface area (Å²) in [6, 6.07) is 14.9. The molecule has 0 atom stereocenters. The minimum absolute atomic E-state index is 0.0795. The van der Waals surface area contributed by atoms with Gasteiger partial charge in [0, 0.05) is 40.4 Å². The van der Waals surface area contributed by atoms with Gasteiger partial charge in [-0.05, 0) is 29.8 Å². The van der Waals surface area contributed by atoms with Gasteiger partial charge in [0.15, 0.2) is 5.16 Å². The van der Waals surface area contributed by atoms with Crippen LogP contribution in [0.1, 0.15) is 19.0 Å². The minimum atomic E-state index is -0.473. The van der Waals surface area contributed by atoms with E-state index in [2.05, 4.69) is 15.0 Å². The summed E-state index contributed by atoms with van der Waals surface area (Å²) >= 11 is 1.04. The molecule has 0 aliphatic carbocycles. The second-order valence-corrected chi connectivity index (χ2v) is 7.90. The zero-order valence-corrected chi connectivity index (χ0v) is 17.4. The molecule has 2 N–H and O–H groups in total. The van der Waals surface area contributed by atoms with Crippen LogP contribution in [0, 0.1) is 10.1 Å². The van der Waals surface area contributed by atoms with E-state index >= 15 is 0 Å². The van der Waals surface area contributed by atoms with E-state index in [-0.39, 0.29) is 16.8 Å². The second-order valence-electron chi connectivity index (χ2n) is 6.91. The molecule has 2 aromatic carbocycles. The van der Waals surface area contributed by atoms with Crippen LogP contribution < -0.4 is 11.1 Å². The van der Waals surface area contributed by atoms with Gasteiger partial charge in [-0.2, -0.15) is 0 Å². The number of fused-ring (bicyclic) bond motifs is 1. The Balaban J connectivity index is 1.98. The van der Waals surface area contributed by atoms with Crippen LogP contribution in [0.5, 0.6) is 0 Å². The molecular weight excluding hydrogens is 416 g/mol. The van der Waals surface area contributed by atoms with Gasteiger partial charge < -0.3 is 9.97 Å². The summed E-state index contributed by atoms with van der Waals surface area (Å²) in [5, 5.41) is 12.2. The highest BCUT2D eigenvalue weighted by Gasteiger charge is 2.19. The molecule has 0 saturated carbocycles. The molecule has 4 aromatic rings. The number of nitrogens with one attached hydrogen (secondary N) is 2. The molecule has 31 heavy (non-hydrogen) atoms. The Bertz CT molecular complexity index is 1400. The molecule has 8 nitrogen and oxygen atoms in total. The monoisotopic (exact) mass is 434 g/mol. The van der Waals surface area contributed by atoms with Crippen LogP contribution in [-0.2, 0) is 6.42 Å². The SMILES string of the molecule is CCCc1cc(=O)[nH]c(Sc2c(-c3ccccc3)c3cc([N+](=O)[O-])ccc3[nH]c2=O)n1. The van der Waals surface area contributed by atoms with Crippen LogP contribution in [0.25, 0.3) is 22.0 Å². The fraction of sp³-hybridized carbons (Fsp3) is 0.136. The number of nitrogens with zero attached hydrogens (tertiary/aromatic N) is 2. The highest BCUT2D eigenvalue weighted by molar-refractivity contribution is 7.99. The standard InChI is InChI=1S/C22H18N4O4S/c1-2-6-14-11-18(27)25-22(23-14)31-20-19(13-7-4-3-5-8-13)16-12-15(26(29)30)9-10-17(16)24-21(20)28/h3-5,7-12H,2,6H2,1H3,(H,24,28)(H,23,25,27). The average Bonchev–Trinajstić information content (AvgIpc) is 2.74. The number of nitro benzene ring substituents is 1. The van der Waals surface area contributed by atoms with Crippen molar-refractivity contribution in [1.82, 2.24) is 15.0 Å². The van der Waals surface area contributed by atoms with Crippen molar-refractivity contribution in [3.05, 3.63) is 91.1 Å². The molecule has 0 spiro atoms. The van der Waals surface area contributed by atoms with Crippen molar-refractivity contribution in [2.75, 3.05) is 0 Å². The van der Waals surface area contributed by atoms with Crippen LogP contribution in [0.15, 0.2) is 74.2 Å². The van der Waals surface area contributed by atoms with Gasteiger partial charge in [-0.3, -0.25) is 19.7 Å². The molecule has 0 radical (unpaired) electrons. The van der Waals surface area contributed by atoms with Crippen molar-refractivity contribution in [3.8, 4) is 11.1 Å². The number of hydrogen-bond acceptors (Lipinski definition) is 6. The van der Waals surface area contributed by atoms with Crippen molar-refractivity contribution in [2.24, 2.45) is 0 Å². The topological polar surface area (TPSA) is 122 Å². The molecule has 0 bridgehead atoms. The molecule has 2 heterocycles. The summed E-state index contributed by atoms with van der Waals surface area (Å²) in [5.41, 5.74) is 1.67. The Morgan fingerprint density at radius 3 is 2.55 bits per heavy atom. The van der Waals surface area contributed by atoms with Gasteiger partial charge in [-0.1, -0.05) is 43.7 Å². The third-order valence-electron chi connectivity index (χ3n) is 4.71. The van der Waals surface area contributed by atoms with Gasteiger partial charge in [-0.15, -0.1) is 0 Å². The van der Waals surface area contributed by atoms with E-state index in [1.807, 2.05) is 37.3 Å². The van der Waals surface area contributed by atoms with Crippen LogP contribution >= 0.6 is 11.8 Å². The molecule has 156 valence electrons. The first-order valence-corrected chi connectivity index (χ1v) is 10.5. The molecule has 4 rings (SSSR count). The van der Waals surface area contributed by atoms with E-state index in [1.54, 1.807) is 0 Å². The third-order valence-corrected chi connectivity index (χ3v) is 5.69. The Labute approximate surface area is 180 Å². The molecule has 0 amide bonds. The Hall–Kier alpha value is -3.72. The zero-order valence-electron chi connectivity index (χ0n) is 16.5. The first-order valence-electron chi connectivity index (χ1n) is 9.64. The van der Waals surface area contributed by atoms with Gasteiger partial charge in [0.2, 0.25) is 0 Å². The first kappa shape index (κ1) is 20.5. The van der Waals surface area contributed by atoms with Crippen LogP contribution in [0.3, 0.4) is 0 Å². The number of aryl methyl sites for hydroxylation is 1. The van der Waals surface area contributed by atoms with Crippen molar-refractivity contribution in [3.63, 3.8) is 0 Å². The number of aromatic amines is 2. The molecule has 0 aliphatic rings. The molecule has 2 aromatic heterocycles. The minimum Gasteiger partial charge on any atom is -0.321 e. The lowest BCUT2D eigenvalue weighted by Gasteiger charge is -2.12. The number of hydrogen-bond donors (Lipinski definition) is 2. The number of H-pyrrole nitrogens is 2. The van der Waals surface area contributed by atoms with Crippen LogP contribution in [-0.4, -0.2) is 19.9 Å². The van der Waals surface area contributed by atoms with E-state index in [9.17, 15) is 19.7 Å². The fourth-order valence-electron chi connectivity index (χ4n) is 3.38. The largest absolute Gasteiger partial charge is 0.321 e. The lowest BCUT2D eigenvalue weighted by Crippen LogP contribution is -2.13. The summed E-state index contributed by atoms with van der Waals surface area (Å²) in [6.45, 7) is 1.99. The molecule has 0 fully saturated rings. The summed E-state index contributed by atoms with van der Waals surface area (Å²) in [6.07, 6.45) is 1.47. The number of aromatic nitrogens is 3. The van der Waals surface area contributed by atoms with Gasteiger partial charge in [0.1, 0.15) is 0 Å². The Morgan fingerprint density at radius 1 is 1.06 bits per heavy atom. The third kappa shape index (κ3) is 4.26. The number of benzene rings is 2. The maximum absolute atomic E-state index is 13.0. The normalized spacial score (nSPS) is 11.0. The molecule has 0 aliphatic heterocycles. The summed E-state index contributed by atoms with van der Waals surface area (Å²) < 4.78 is 0. The Morgan fingerprint density at radius 2 is 1.84 bits per heavy atom. The lowest BCUT2D eigenvalue weighted by atomic mass is 10.0. The van der Waals surface area contributed by atoms with Crippen molar-refractivity contribution in [1.29, 1.82) is 0 Å². The van der Waals surface area contributed by atoms with Crippen molar-refractivity contribution >= 4 is 28.4 Å². The van der Waals surface area contributed by atoms with Crippen molar-refractivity contribution in [2.45, 2.75) is 29.8 Å². The zero-order chi connectivity index (χ0) is 22.0. The average molecular weight is 434 g/mol. The number of nitro groups is 1. The molecular formula is C22H18N4O4S. The second kappa shape index (κ2) is 8.57. The predicted molar refractivity (Wildman–Crippen MR) is 120 cm³/mol. The molecule has 0 unspecified atom stereocenters. The fourth-order valence-corrected chi connectivity index (χ4v) is 4.36. The van der Waals surface area contributed by atoms with Gasteiger partial charge in [-0.25, -0.2) is 4.98 Å². The number of pyridine rings is 1. The highest BCUT2D eigenvalue weighted by atomic mass is 32.2. The van der Waals surface area contributed by atoms with E-state index in [0.29, 0.717) is 38.6 Å². The summed E-state index contributed by atoms with van der Waals surface area (Å²) in [7, 11) is 0. The number of rotatable bonds is 6. The van der Waals surface area contributed by atoms with E-state index in [0.717, 1.165) is 23.7 Å². The van der Waals surface area contributed by atoms with Crippen molar-refractivity contribution < 1.29 is 4.92 Å². The highest BCUT2D eigenvalue weighted by Crippen LogP contribution is 2.37. The first-order chi connectivity index (χ1) is 15.0. The Kier molecular flexibility index (Phi) is 5.68. The summed E-state index contributed by atoms with van der Waals surface area (Å²) in [4.78, 5) is 46.2. The quantitative estimate of drug-likeness (QED) is 0.265. The van der Waals surface area contributed by atoms with E-state index < -0.39 is 4.92 Å². The van der Waals surface area contributed by atoms with E-state index in [4.69, 9.17) is 0 Å². The molecule has 9 heteroatoms. The smallest absolute Gasteiger partial charge is 0.270 e. The van der Waals surface area contributed by atoms with Gasteiger partial charge in [0.25, 0.3) is 16.8 Å². The van der Waals surface area contributed by atoms with E-state index in [1.165, 1.54) is 24.3 Å². The number of non-ortho nitro benzene ring substituents is 1. The molecule has 0 saturated heterocycles. The predicted octanol–water partition coefficient (Wildman–Crippen LogP) is 4.29. The maximum Gasteiger partial charge on any atom is 0.270 e. The van der Waals surface area contributed by atoms with Crippen LogP contribution in [0.2, 0.25) is 0 Å². The maximum atomic E-state index is 13.0. The lowest BCUT2D eigenvalue weighted by molar-refractivity contribution is -0.384. The van der Waals surface area contributed by atoms with Gasteiger partial charge >= 0.3 is 0 Å². The van der Waals surface area contributed by atoms with Gasteiger partial charge in [0.05, 0.1) is 9.82 Å².